The van der Waals surface area contributed by atoms with Crippen LogP contribution in [0.4, 0.5) is 0 Å². The van der Waals surface area contributed by atoms with Crippen molar-refractivity contribution >= 4 is 11.9 Å². The molecule has 1 rings (SSSR count). The number of carboxylic acid groups (broad SMARTS) is 1. The third-order valence-electron chi connectivity index (χ3n) is 4.03. The number of hydrogen-bond donors (Lipinski definition) is 1. The molecule has 5 atom stereocenters. The fourth-order valence-electron chi connectivity index (χ4n) is 2.33. The number of carboxylic acids is 1. The first-order valence-corrected chi connectivity index (χ1v) is 6.95. The van der Waals surface area contributed by atoms with Gasteiger partial charge in [-0.3, -0.25) is 9.59 Å². The molecule has 0 radical (unpaired) electrons. The normalized spacial score (nSPS) is 33.7. The highest BCUT2D eigenvalue weighted by atomic mass is 16.7. The second-order valence-electron chi connectivity index (χ2n) is 5.44. The lowest BCUT2D eigenvalue weighted by Gasteiger charge is -2.43. The van der Waals surface area contributed by atoms with Crippen LogP contribution in [0.25, 0.3) is 0 Å². The smallest absolute Gasteiger partial charge is 0.305 e. The van der Waals surface area contributed by atoms with Crippen molar-refractivity contribution in [1.29, 1.82) is 0 Å². The number of carbonyl (C=O) groups excluding carboxylic acids is 1. The summed E-state index contributed by atoms with van der Waals surface area (Å²) >= 11 is 0. The molecule has 116 valence electrons. The number of carbonyl (C=O) groups is 2. The monoisotopic (exact) mass is 288 g/mol. The van der Waals surface area contributed by atoms with E-state index in [1.165, 1.54) is 6.92 Å². The average Bonchev–Trinajstić information content (AvgIpc) is 2.37. The number of ether oxygens (including phenoxy) is 3. The summed E-state index contributed by atoms with van der Waals surface area (Å²) in [6, 6.07) is 0. The van der Waals surface area contributed by atoms with E-state index in [9.17, 15) is 9.59 Å². The van der Waals surface area contributed by atoms with Gasteiger partial charge in [0.2, 0.25) is 0 Å². The first-order chi connectivity index (χ1) is 9.32. The summed E-state index contributed by atoms with van der Waals surface area (Å²) in [5.74, 6) is -0.503. The molecule has 0 amide bonds. The standard InChI is InChI=1S/C14H24O6/c1-8-9(2)12(7-19-11(4)15)20-14(10(8)3)18-6-5-13(16)17/h8-10,12,14H,5-7H2,1-4H3,(H,16,17)/t8-,9+,10?,12?,14+/m0/s1. The van der Waals surface area contributed by atoms with Gasteiger partial charge in [0.25, 0.3) is 0 Å². The van der Waals surface area contributed by atoms with Crippen LogP contribution in [0, 0.1) is 17.8 Å². The Labute approximate surface area is 119 Å². The third kappa shape index (κ3) is 4.76. The molecule has 1 aliphatic heterocycles. The van der Waals surface area contributed by atoms with Gasteiger partial charge in [-0.1, -0.05) is 20.8 Å². The van der Waals surface area contributed by atoms with Crippen molar-refractivity contribution in [1.82, 2.24) is 0 Å². The molecule has 1 N–H and O–H groups in total. The molecule has 0 aliphatic carbocycles. The van der Waals surface area contributed by atoms with E-state index in [1.807, 2.05) is 6.92 Å². The Morgan fingerprint density at radius 3 is 2.35 bits per heavy atom. The molecule has 0 saturated carbocycles. The summed E-state index contributed by atoms with van der Waals surface area (Å²) in [5, 5.41) is 8.62. The van der Waals surface area contributed by atoms with Crippen molar-refractivity contribution in [3.63, 3.8) is 0 Å². The van der Waals surface area contributed by atoms with E-state index < -0.39 is 12.3 Å². The molecule has 20 heavy (non-hydrogen) atoms. The largest absolute Gasteiger partial charge is 0.481 e. The van der Waals surface area contributed by atoms with Crippen molar-refractivity contribution in [2.75, 3.05) is 13.2 Å². The Morgan fingerprint density at radius 1 is 1.15 bits per heavy atom. The van der Waals surface area contributed by atoms with Gasteiger partial charge in [-0.15, -0.1) is 0 Å². The molecule has 0 aromatic rings. The molecule has 0 bridgehead atoms. The minimum absolute atomic E-state index is 0.0505. The van der Waals surface area contributed by atoms with Crippen LogP contribution in [0.3, 0.4) is 0 Å². The Balaban J connectivity index is 2.56. The van der Waals surface area contributed by atoms with Gasteiger partial charge in [-0.05, 0) is 11.8 Å². The quantitative estimate of drug-likeness (QED) is 0.749. The summed E-state index contributed by atoms with van der Waals surface area (Å²) in [6.07, 6.45) is -0.730. The molecule has 1 fully saturated rings. The van der Waals surface area contributed by atoms with Crippen LogP contribution in [-0.4, -0.2) is 42.7 Å². The van der Waals surface area contributed by atoms with E-state index in [4.69, 9.17) is 19.3 Å². The van der Waals surface area contributed by atoms with Gasteiger partial charge >= 0.3 is 11.9 Å². The molecular formula is C14H24O6. The van der Waals surface area contributed by atoms with E-state index >= 15 is 0 Å². The van der Waals surface area contributed by atoms with Crippen molar-refractivity contribution < 1.29 is 28.9 Å². The van der Waals surface area contributed by atoms with E-state index in [0.29, 0.717) is 5.92 Å². The van der Waals surface area contributed by atoms with E-state index in [1.54, 1.807) is 0 Å². The van der Waals surface area contributed by atoms with Crippen LogP contribution < -0.4 is 0 Å². The lowest BCUT2D eigenvalue weighted by Crippen LogP contribution is -2.48. The van der Waals surface area contributed by atoms with Gasteiger partial charge in [0.15, 0.2) is 6.29 Å². The topological polar surface area (TPSA) is 82.1 Å². The summed E-state index contributed by atoms with van der Waals surface area (Å²) in [6.45, 7) is 7.86. The van der Waals surface area contributed by atoms with E-state index in [0.717, 1.165) is 0 Å². The highest BCUT2D eigenvalue weighted by Gasteiger charge is 2.40. The maximum Gasteiger partial charge on any atom is 0.305 e. The van der Waals surface area contributed by atoms with E-state index in [-0.39, 0.29) is 43.5 Å². The van der Waals surface area contributed by atoms with Crippen LogP contribution in [0.1, 0.15) is 34.1 Å². The number of aliphatic carboxylic acids is 1. The Hall–Kier alpha value is -1.14. The third-order valence-corrected chi connectivity index (χ3v) is 4.03. The molecule has 1 heterocycles. The van der Waals surface area contributed by atoms with Crippen molar-refractivity contribution in [2.24, 2.45) is 17.8 Å². The zero-order chi connectivity index (χ0) is 15.3. The maximum absolute atomic E-state index is 10.9. The molecule has 6 heteroatoms. The number of rotatable bonds is 6. The van der Waals surface area contributed by atoms with Crippen molar-refractivity contribution in [3.05, 3.63) is 0 Å². The van der Waals surface area contributed by atoms with Crippen molar-refractivity contribution in [2.45, 2.75) is 46.5 Å². The summed E-state index contributed by atoms with van der Waals surface area (Å²) in [4.78, 5) is 21.4. The van der Waals surface area contributed by atoms with Gasteiger partial charge in [0.1, 0.15) is 6.61 Å². The minimum Gasteiger partial charge on any atom is -0.481 e. The zero-order valence-electron chi connectivity index (χ0n) is 12.5. The van der Waals surface area contributed by atoms with Gasteiger partial charge in [-0.25, -0.2) is 0 Å². The lowest BCUT2D eigenvalue weighted by molar-refractivity contribution is -0.255. The molecule has 0 aromatic heterocycles. The first-order valence-electron chi connectivity index (χ1n) is 6.95. The average molecular weight is 288 g/mol. The number of esters is 1. The molecule has 2 unspecified atom stereocenters. The van der Waals surface area contributed by atoms with Crippen molar-refractivity contribution in [3.8, 4) is 0 Å². The van der Waals surface area contributed by atoms with Crippen LogP contribution >= 0.6 is 0 Å². The molecule has 0 spiro atoms. The van der Waals surface area contributed by atoms with Crippen LogP contribution in [0.15, 0.2) is 0 Å². The molecule has 1 saturated heterocycles. The van der Waals surface area contributed by atoms with Gasteiger partial charge in [-0.2, -0.15) is 0 Å². The predicted molar refractivity (Wildman–Crippen MR) is 71.0 cm³/mol. The maximum atomic E-state index is 10.9. The summed E-state index contributed by atoms with van der Waals surface area (Å²) < 4.78 is 16.4. The Bertz CT molecular complexity index is 341. The highest BCUT2D eigenvalue weighted by molar-refractivity contribution is 5.66. The minimum atomic E-state index is -0.897. The first kappa shape index (κ1) is 16.9. The molecule has 1 aliphatic rings. The summed E-state index contributed by atoms with van der Waals surface area (Å²) in [7, 11) is 0. The van der Waals surface area contributed by atoms with Crippen LogP contribution in [0.2, 0.25) is 0 Å². The van der Waals surface area contributed by atoms with Crippen LogP contribution in [-0.2, 0) is 23.8 Å². The number of hydrogen-bond acceptors (Lipinski definition) is 5. The van der Waals surface area contributed by atoms with Gasteiger partial charge < -0.3 is 19.3 Å². The second-order valence-corrected chi connectivity index (χ2v) is 5.44. The van der Waals surface area contributed by atoms with E-state index in [2.05, 4.69) is 13.8 Å². The Morgan fingerprint density at radius 2 is 1.80 bits per heavy atom. The Kier molecular flexibility index (Phi) is 6.42. The lowest BCUT2D eigenvalue weighted by atomic mass is 9.79. The highest BCUT2D eigenvalue weighted by Crippen LogP contribution is 2.35. The summed E-state index contributed by atoms with van der Waals surface area (Å²) in [5.41, 5.74) is 0. The SMILES string of the molecule is CC(=O)OCC1O[C@@H](OCCC(=O)O)C(C)[C@@H](C)[C@H]1C. The predicted octanol–water partition coefficient (Wildman–Crippen LogP) is 1.67. The fourth-order valence-corrected chi connectivity index (χ4v) is 2.33. The second kappa shape index (κ2) is 7.59. The molecule has 6 nitrogen and oxygen atoms in total. The van der Waals surface area contributed by atoms with Gasteiger partial charge in [0.05, 0.1) is 19.1 Å². The van der Waals surface area contributed by atoms with Crippen LogP contribution in [0.5, 0.6) is 0 Å². The molecular weight excluding hydrogens is 264 g/mol. The zero-order valence-corrected chi connectivity index (χ0v) is 12.5. The fraction of sp³-hybridized carbons (Fsp3) is 0.857. The molecule has 0 aromatic carbocycles. The van der Waals surface area contributed by atoms with Gasteiger partial charge in [0, 0.05) is 12.8 Å².